The fraction of sp³-hybridized carbons (Fsp3) is 0.429. The van der Waals surface area contributed by atoms with Crippen molar-refractivity contribution in [1.29, 1.82) is 0 Å². The van der Waals surface area contributed by atoms with Gasteiger partial charge >= 0.3 is 0 Å². The molecule has 1 fully saturated rings. The zero-order chi connectivity index (χ0) is 19.3. The minimum atomic E-state index is -0.0789. The van der Waals surface area contributed by atoms with E-state index in [1.807, 2.05) is 41.4 Å². The number of rotatable bonds is 5. The molecule has 0 radical (unpaired) electrons. The van der Waals surface area contributed by atoms with Crippen LogP contribution in [0.25, 0.3) is 0 Å². The predicted molar refractivity (Wildman–Crippen MR) is 106 cm³/mol. The third kappa shape index (κ3) is 4.13. The van der Waals surface area contributed by atoms with Gasteiger partial charge in [0.25, 0.3) is 0 Å². The van der Waals surface area contributed by atoms with Gasteiger partial charge in [0.05, 0.1) is 12.3 Å². The Kier molecular flexibility index (Phi) is 5.50. The number of hydrogen-bond acceptors (Lipinski definition) is 4. The van der Waals surface area contributed by atoms with E-state index in [9.17, 15) is 9.59 Å². The molecule has 2 aromatic rings. The molecular weight excluding hydrogens is 354 g/mol. The summed E-state index contributed by atoms with van der Waals surface area (Å²) in [6.07, 6.45) is 6.63. The van der Waals surface area contributed by atoms with Crippen LogP contribution in [0.2, 0.25) is 0 Å². The lowest BCUT2D eigenvalue weighted by molar-refractivity contribution is -0.137. The Balaban J connectivity index is 1.24. The van der Waals surface area contributed by atoms with Crippen molar-refractivity contribution in [3.8, 4) is 0 Å². The van der Waals surface area contributed by atoms with Gasteiger partial charge in [0.1, 0.15) is 5.82 Å². The van der Waals surface area contributed by atoms with Gasteiger partial charge in [-0.3, -0.25) is 9.59 Å². The topological polar surface area (TPSA) is 81.7 Å². The summed E-state index contributed by atoms with van der Waals surface area (Å²) in [4.78, 5) is 34.3. The number of hydrogen-bond donors (Lipinski definition) is 1. The number of benzene rings is 1. The summed E-state index contributed by atoms with van der Waals surface area (Å²) in [5, 5.41) is 5.96. The fourth-order valence-corrected chi connectivity index (χ4v) is 3.87. The minimum absolute atomic E-state index is 0.0534. The molecule has 7 nitrogen and oxygen atoms in total. The smallest absolute Gasteiger partial charge is 0.243 e. The van der Waals surface area contributed by atoms with Crippen LogP contribution >= 0.6 is 0 Å². The number of aromatic amines is 1. The largest absolute Gasteiger partial charge is 0.348 e. The number of H-pyrrole nitrogens is 1. The molecule has 0 saturated carbocycles. The van der Waals surface area contributed by atoms with Crippen molar-refractivity contribution in [1.82, 2.24) is 19.9 Å². The minimum Gasteiger partial charge on any atom is -0.348 e. The number of likely N-dealkylation sites (tertiary alicyclic amines) is 1. The van der Waals surface area contributed by atoms with Gasteiger partial charge in [-0.25, -0.2) is 9.99 Å². The lowest BCUT2D eigenvalue weighted by Gasteiger charge is -2.31. The van der Waals surface area contributed by atoms with E-state index in [2.05, 4.69) is 15.1 Å². The molecule has 0 unspecified atom stereocenters. The van der Waals surface area contributed by atoms with Gasteiger partial charge in [-0.15, -0.1) is 0 Å². The lowest BCUT2D eigenvalue weighted by atomic mass is 9.96. The van der Waals surface area contributed by atoms with Crippen molar-refractivity contribution >= 4 is 17.5 Å². The summed E-state index contributed by atoms with van der Waals surface area (Å²) in [7, 11) is 0. The number of amides is 2. The maximum absolute atomic E-state index is 12.5. The Morgan fingerprint density at radius 1 is 1.04 bits per heavy atom. The van der Waals surface area contributed by atoms with E-state index in [4.69, 9.17) is 0 Å². The van der Waals surface area contributed by atoms with Crippen LogP contribution in [0.15, 0.2) is 47.8 Å². The average Bonchev–Trinajstić information content (AvgIpc) is 3.45. The molecule has 28 heavy (non-hydrogen) atoms. The second kappa shape index (κ2) is 8.37. The molecule has 0 atom stereocenters. The molecule has 1 N–H and O–H groups in total. The van der Waals surface area contributed by atoms with Gasteiger partial charge in [0.15, 0.2) is 0 Å². The second-order valence-electron chi connectivity index (χ2n) is 7.31. The van der Waals surface area contributed by atoms with E-state index in [1.54, 1.807) is 6.20 Å². The number of nitrogens with one attached hydrogen (secondary N) is 1. The van der Waals surface area contributed by atoms with Crippen LogP contribution in [0.4, 0.5) is 0 Å². The average molecular weight is 379 g/mol. The molecule has 1 aromatic heterocycles. The summed E-state index contributed by atoms with van der Waals surface area (Å²) in [5.74, 6) is 1.36. The molecule has 1 aromatic carbocycles. The van der Waals surface area contributed by atoms with Crippen LogP contribution in [-0.4, -0.2) is 57.0 Å². The van der Waals surface area contributed by atoms with E-state index in [1.165, 1.54) is 5.01 Å². The fourth-order valence-electron chi connectivity index (χ4n) is 3.87. The van der Waals surface area contributed by atoms with Crippen molar-refractivity contribution in [3.63, 3.8) is 0 Å². The SMILES string of the molecule is O=C(CCC(=O)N1CCC(c2ccccc2)=N1)N1CCC(c2ncc[nH]2)CC1. The molecule has 7 heteroatoms. The van der Waals surface area contributed by atoms with Gasteiger partial charge in [0.2, 0.25) is 11.8 Å². The van der Waals surface area contributed by atoms with E-state index >= 15 is 0 Å². The van der Waals surface area contributed by atoms with E-state index in [-0.39, 0.29) is 24.7 Å². The Labute approximate surface area is 164 Å². The first-order valence-corrected chi connectivity index (χ1v) is 9.91. The van der Waals surface area contributed by atoms with Crippen LogP contribution in [-0.2, 0) is 9.59 Å². The van der Waals surface area contributed by atoms with Gasteiger partial charge in [-0.2, -0.15) is 5.10 Å². The molecule has 0 bridgehead atoms. The highest BCUT2D eigenvalue weighted by Gasteiger charge is 2.26. The summed E-state index contributed by atoms with van der Waals surface area (Å²) >= 11 is 0. The van der Waals surface area contributed by atoms with Gasteiger partial charge < -0.3 is 9.88 Å². The van der Waals surface area contributed by atoms with Crippen molar-refractivity contribution in [3.05, 3.63) is 54.1 Å². The van der Waals surface area contributed by atoms with Crippen molar-refractivity contribution < 1.29 is 9.59 Å². The molecule has 2 amide bonds. The van der Waals surface area contributed by atoms with E-state index in [0.29, 0.717) is 12.5 Å². The zero-order valence-corrected chi connectivity index (χ0v) is 15.9. The van der Waals surface area contributed by atoms with Crippen LogP contribution in [0, 0.1) is 0 Å². The molecule has 2 aliphatic heterocycles. The lowest BCUT2D eigenvalue weighted by Crippen LogP contribution is -2.38. The maximum Gasteiger partial charge on any atom is 0.243 e. The molecule has 1 saturated heterocycles. The van der Waals surface area contributed by atoms with Crippen LogP contribution in [0.1, 0.15) is 49.4 Å². The van der Waals surface area contributed by atoms with Gasteiger partial charge in [0, 0.05) is 50.7 Å². The highest BCUT2D eigenvalue weighted by Crippen LogP contribution is 2.25. The third-order valence-corrected chi connectivity index (χ3v) is 5.50. The number of carbonyl (C=O) groups is 2. The van der Waals surface area contributed by atoms with Crippen LogP contribution in [0.5, 0.6) is 0 Å². The number of hydrazone groups is 1. The highest BCUT2D eigenvalue weighted by molar-refractivity contribution is 6.02. The molecule has 2 aliphatic rings. The Hall–Kier alpha value is -2.96. The number of aromatic nitrogens is 2. The molecule has 4 rings (SSSR count). The monoisotopic (exact) mass is 379 g/mol. The van der Waals surface area contributed by atoms with Gasteiger partial charge in [-0.05, 0) is 18.4 Å². The molecule has 0 aliphatic carbocycles. The number of piperidine rings is 1. The zero-order valence-electron chi connectivity index (χ0n) is 15.9. The quantitative estimate of drug-likeness (QED) is 0.867. The first kappa shape index (κ1) is 18.4. The summed E-state index contributed by atoms with van der Waals surface area (Å²) in [5.41, 5.74) is 1.98. The van der Waals surface area contributed by atoms with Crippen LogP contribution in [0.3, 0.4) is 0 Å². The van der Waals surface area contributed by atoms with Gasteiger partial charge in [-0.1, -0.05) is 30.3 Å². The second-order valence-corrected chi connectivity index (χ2v) is 7.31. The summed E-state index contributed by atoms with van der Waals surface area (Å²) < 4.78 is 0. The third-order valence-electron chi connectivity index (χ3n) is 5.50. The summed E-state index contributed by atoms with van der Waals surface area (Å²) in [6, 6.07) is 9.91. The van der Waals surface area contributed by atoms with Crippen LogP contribution < -0.4 is 0 Å². The van der Waals surface area contributed by atoms with Crippen molar-refractivity contribution in [2.75, 3.05) is 19.6 Å². The first-order valence-electron chi connectivity index (χ1n) is 9.91. The van der Waals surface area contributed by atoms with E-state index < -0.39 is 0 Å². The number of carbonyl (C=O) groups excluding carboxylic acids is 2. The molecule has 146 valence electrons. The Morgan fingerprint density at radius 2 is 1.79 bits per heavy atom. The molecular formula is C21H25N5O2. The summed E-state index contributed by atoms with van der Waals surface area (Å²) in [6.45, 7) is 2.03. The molecule has 3 heterocycles. The number of imidazole rings is 1. The maximum atomic E-state index is 12.5. The van der Waals surface area contributed by atoms with E-state index in [0.717, 1.165) is 49.5 Å². The molecule has 0 spiro atoms. The Morgan fingerprint density at radius 3 is 2.50 bits per heavy atom. The van der Waals surface area contributed by atoms with Crippen molar-refractivity contribution in [2.45, 2.75) is 38.0 Å². The predicted octanol–water partition coefficient (Wildman–Crippen LogP) is 2.53. The van der Waals surface area contributed by atoms with Crippen molar-refractivity contribution in [2.24, 2.45) is 5.10 Å². The Bertz CT molecular complexity index is 839. The standard InChI is InChI=1S/C21H25N5O2/c27-19(25-13-8-17(9-14-25)21-22-11-12-23-21)6-7-20(28)26-15-10-18(24-26)16-4-2-1-3-5-16/h1-5,11-12,17H,6-10,13-15H2,(H,22,23). The first-order chi connectivity index (χ1) is 13.7. The normalized spacial score (nSPS) is 17.6. The highest BCUT2D eigenvalue weighted by atomic mass is 16.2. The number of nitrogens with zero attached hydrogens (tertiary/aromatic N) is 4.